The molecule has 0 aliphatic rings. The smallest absolute Gasteiger partial charge is 0.240 e. The largest absolute Gasteiger partial charge is 0.366 e. The lowest BCUT2D eigenvalue weighted by Crippen LogP contribution is -2.04. The van der Waals surface area contributed by atoms with Crippen LogP contribution in [0.15, 0.2) is 12.7 Å². The Labute approximate surface area is 61.1 Å². The van der Waals surface area contributed by atoms with Gasteiger partial charge in [-0.05, 0) is 20.2 Å². The average Bonchev–Trinajstić information content (AvgIpc) is 1.94. The van der Waals surface area contributed by atoms with Crippen LogP contribution in [0, 0.1) is 0 Å². The van der Waals surface area contributed by atoms with Gasteiger partial charge in [0, 0.05) is 0 Å². The van der Waals surface area contributed by atoms with Crippen molar-refractivity contribution in [3.63, 3.8) is 0 Å². The molecule has 0 saturated heterocycles. The van der Waals surface area contributed by atoms with E-state index in [-0.39, 0.29) is 0 Å². The Morgan fingerprint density at radius 3 is 1.60 bits per heavy atom. The first kappa shape index (κ1) is 15.9. The lowest BCUT2D eigenvalue weighted by molar-refractivity contribution is -0.113. The summed E-state index contributed by atoms with van der Waals surface area (Å²) in [7, 11) is 3.75. The first-order valence-electron chi connectivity index (χ1n) is 2.48. The van der Waals surface area contributed by atoms with Crippen LogP contribution in [0.1, 0.15) is 0 Å². The minimum Gasteiger partial charge on any atom is -0.366 e. The van der Waals surface area contributed by atoms with Crippen LogP contribution in [0.4, 0.5) is 0 Å². The number of rotatable bonds is 1. The molecule has 0 radical (unpaired) electrons. The molecule has 0 aliphatic carbocycles. The molecule has 0 aromatic rings. The Hall–Kier alpha value is -1.16. The highest BCUT2D eigenvalue weighted by atomic mass is 16.1. The molecule has 0 fully saturated rings. The Bertz CT molecular complexity index is 83.8. The van der Waals surface area contributed by atoms with Gasteiger partial charge in [0.25, 0.3) is 0 Å². The maximum Gasteiger partial charge on any atom is 0.240 e. The van der Waals surface area contributed by atoms with Gasteiger partial charge in [-0.15, -0.1) is 0 Å². The number of nitrogens with one attached hydrogen (secondary N) is 1. The Morgan fingerprint density at radius 2 is 1.60 bits per heavy atom. The summed E-state index contributed by atoms with van der Waals surface area (Å²) in [4.78, 5) is 17.5. The van der Waals surface area contributed by atoms with Crippen LogP contribution in [0.2, 0.25) is 0 Å². The summed E-state index contributed by atoms with van der Waals surface area (Å²) in [6, 6.07) is 0. The fraction of sp³-hybridized carbons (Fsp3) is 0.333. The summed E-state index contributed by atoms with van der Waals surface area (Å²) in [6.07, 6.45) is 1.06. The van der Waals surface area contributed by atoms with E-state index in [1.807, 2.05) is 20.9 Å². The van der Waals surface area contributed by atoms with Crippen molar-refractivity contribution >= 4 is 12.7 Å². The zero-order valence-corrected chi connectivity index (χ0v) is 6.39. The lowest BCUT2D eigenvalue weighted by atomic mass is 10.6. The van der Waals surface area contributed by atoms with Gasteiger partial charge in [-0.3, -0.25) is 4.79 Å². The molecular weight excluding hydrogens is 132 g/mol. The first-order valence-corrected chi connectivity index (χ1v) is 2.48. The molecule has 4 heteroatoms. The van der Waals surface area contributed by atoms with Gasteiger partial charge < -0.3 is 15.8 Å². The molecule has 1 amide bonds. The third-order valence-corrected chi connectivity index (χ3v) is 0.201. The number of amides is 1. The van der Waals surface area contributed by atoms with Crippen molar-refractivity contribution in [3.8, 4) is 0 Å². The molecular formula is C6H14N2O2. The summed E-state index contributed by atoms with van der Waals surface area (Å²) >= 11 is 0. The Morgan fingerprint density at radius 1 is 1.50 bits per heavy atom. The van der Waals surface area contributed by atoms with Crippen molar-refractivity contribution in [2.45, 2.75) is 0 Å². The van der Waals surface area contributed by atoms with Crippen LogP contribution in [0.3, 0.4) is 0 Å². The molecule has 0 bridgehead atoms. The molecule has 0 heterocycles. The van der Waals surface area contributed by atoms with E-state index in [9.17, 15) is 4.79 Å². The van der Waals surface area contributed by atoms with Crippen molar-refractivity contribution < 1.29 is 9.59 Å². The van der Waals surface area contributed by atoms with Crippen LogP contribution >= 0.6 is 0 Å². The quantitative estimate of drug-likeness (QED) is 0.481. The number of nitrogens with two attached hydrogens (primary N) is 1. The van der Waals surface area contributed by atoms with E-state index >= 15 is 0 Å². The van der Waals surface area contributed by atoms with Gasteiger partial charge in [0.15, 0.2) is 0 Å². The van der Waals surface area contributed by atoms with Crippen molar-refractivity contribution in [3.05, 3.63) is 12.7 Å². The van der Waals surface area contributed by atoms with E-state index < -0.39 is 5.91 Å². The molecule has 0 aromatic heterocycles. The highest BCUT2D eigenvalue weighted by molar-refractivity contribution is 5.84. The van der Waals surface area contributed by atoms with Crippen LogP contribution < -0.4 is 11.1 Å². The highest BCUT2D eigenvalue weighted by Gasteiger charge is 1.69. The zero-order chi connectivity index (χ0) is 8.99. The average molecular weight is 146 g/mol. The van der Waals surface area contributed by atoms with Crippen molar-refractivity contribution in [2.24, 2.45) is 5.73 Å². The van der Waals surface area contributed by atoms with E-state index in [1.165, 1.54) is 0 Å². The minimum absolute atomic E-state index is 0.481. The summed E-state index contributed by atoms with van der Waals surface area (Å²) in [5.74, 6) is -0.481. The number of primary amides is 1. The van der Waals surface area contributed by atoms with E-state index in [4.69, 9.17) is 4.79 Å². The van der Waals surface area contributed by atoms with Gasteiger partial charge in [0.1, 0.15) is 6.79 Å². The maximum absolute atomic E-state index is 9.47. The van der Waals surface area contributed by atoms with Gasteiger partial charge in [-0.1, -0.05) is 6.58 Å². The number of hydrogen-bond acceptors (Lipinski definition) is 3. The first-order chi connectivity index (χ1) is 4.68. The number of carbonyl (C=O) groups excluding carboxylic acids is 2. The zero-order valence-electron chi connectivity index (χ0n) is 6.39. The molecule has 4 nitrogen and oxygen atoms in total. The highest BCUT2D eigenvalue weighted by Crippen LogP contribution is 1.48. The van der Waals surface area contributed by atoms with Crippen molar-refractivity contribution in [1.29, 1.82) is 0 Å². The lowest BCUT2D eigenvalue weighted by Gasteiger charge is -1.65. The maximum atomic E-state index is 9.47. The predicted molar refractivity (Wildman–Crippen MR) is 41.5 cm³/mol. The molecule has 0 saturated carbocycles. The minimum atomic E-state index is -0.481. The van der Waals surface area contributed by atoms with E-state index in [0.29, 0.717) is 0 Å². The number of carbonyl (C=O) groups is 2. The third kappa shape index (κ3) is 331. The van der Waals surface area contributed by atoms with Gasteiger partial charge in [0.05, 0.1) is 0 Å². The molecule has 10 heavy (non-hydrogen) atoms. The molecule has 0 rings (SSSR count). The SMILES string of the molecule is C=CC(N)=O.C=O.CNC. The Balaban J connectivity index is -0.0000000847. The summed E-state index contributed by atoms with van der Waals surface area (Å²) in [5, 5.41) is 2.75. The fourth-order valence-corrected chi connectivity index (χ4v) is 0. The van der Waals surface area contributed by atoms with E-state index in [0.717, 1.165) is 6.08 Å². The van der Waals surface area contributed by atoms with Crippen LogP contribution in [-0.4, -0.2) is 26.8 Å². The monoisotopic (exact) mass is 146 g/mol. The van der Waals surface area contributed by atoms with Gasteiger partial charge >= 0.3 is 0 Å². The molecule has 60 valence electrons. The van der Waals surface area contributed by atoms with Crippen LogP contribution in [0.5, 0.6) is 0 Å². The van der Waals surface area contributed by atoms with Gasteiger partial charge in [-0.25, -0.2) is 0 Å². The normalized spacial score (nSPS) is 5.40. The van der Waals surface area contributed by atoms with E-state index in [2.05, 4.69) is 17.6 Å². The molecule has 0 spiro atoms. The topological polar surface area (TPSA) is 72.2 Å². The second-order valence-electron chi connectivity index (χ2n) is 1.11. The number of hydrogen-bond donors (Lipinski definition) is 2. The fourth-order valence-electron chi connectivity index (χ4n) is 0. The summed E-state index contributed by atoms with van der Waals surface area (Å²) in [5.41, 5.74) is 4.53. The molecule has 0 aliphatic heterocycles. The molecule has 0 atom stereocenters. The predicted octanol–water partition coefficient (Wildman–Crippen LogP) is -0.692. The standard InChI is InChI=1S/C3H5NO.C2H7N.CH2O/c1-2-3(4)5;1-3-2;1-2/h2H,1H2,(H2,4,5);3H,1-2H3;1H2. The third-order valence-electron chi connectivity index (χ3n) is 0.201. The van der Waals surface area contributed by atoms with Gasteiger partial charge in [-0.2, -0.15) is 0 Å². The van der Waals surface area contributed by atoms with Crippen molar-refractivity contribution in [2.75, 3.05) is 14.1 Å². The van der Waals surface area contributed by atoms with Gasteiger partial charge in [0.2, 0.25) is 5.91 Å². The second-order valence-corrected chi connectivity index (χ2v) is 1.11. The van der Waals surface area contributed by atoms with Crippen LogP contribution in [0.25, 0.3) is 0 Å². The summed E-state index contributed by atoms with van der Waals surface area (Å²) in [6.45, 7) is 5.09. The molecule has 0 aromatic carbocycles. The second kappa shape index (κ2) is 24.9. The molecule has 0 unspecified atom stereocenters. The van der Waals surface area contributed by atoms with Crippen LogP contribution in [-0.2, 0) is 9.59 Å². The summed E-state index contributed by atoms with van der Waals surface area (Å²) < 4.78 is 0. The van der Waals surface area contributed by atoms with E-state index in [1.54, 1.807) is 0 Å². The Kier molecular flexibility index (Phi) is 39.6. The molecule has 3 N–H and O–H groups in total. The van der Waals surface area contributed by atoms with Crippen molar-refractivity contribution in [1.82, 2.24) is 5.32 Å².